The van der Waals surface area contributed by atoms with Crippen LogP contribution in [0.4, 0.5) is 5.69 Å². The van der Waals surface area contributed by atoms with Crippen LogP contribution in [0.5, 0.6) is 0 Å². The van der Waals surface area contributed by atoms with Crippen molar-refractivity contribution in [3.8, 4) is 22.5 Å². The van der Waals surface area contributed by atoms with Gasteiger partial charge in [-0.1, -0.05) is 153 Å². The first kappa shape index (κ1) is 34.1. The van der Waals surface area contributed by atoms with E-state index in [1.807, 2.05) is 95.7 Å². The molecular weight excluding hydrogens is 673 g/mol. The van der Waals surface area contributed by atoms with Crippen molar-refractivity contribution >= 4 is 16.5 Å². The SMILES string of the molecule is CCCc1cc2ccc([N+](=O)[O-])cc2c(=O)n1Cc1ccc(-c2ccccc2-c2nnnn2C(c2ccccc2)(c2ccccc2)c2ccccc2)cc1. The van der Waals surface area contributed by atoms with Gasteiger partial charge in [0.1, 0.15) is 5.54 Å². The molecule has 0 atom stereocenters. The van der Waals surface area contributed by atoms with Gasteiger partial charge >= 0.3 is 0 Å². The van der Waals surface area contributed by atoms with Gasteiger partial charge in [-0.2, -0.15) is 0 Å². The molecule has 0 spiro atoms. The lowest BCUT2D eigenvalue weighted by Gasteiger charge is -2.36. The zero-order valence-electron chi connectivity index (χ0n) is 29.6. The Hall–Kier alpha value is -7.00. The lowest BCUT2D eigenvalue weighted by atomic mass is 9.77. The van der Waals surface area contributed by atoms with Crippen molar-refractivity contribution in [2.75, 3.05) is 0 Å². The Labute approximate surface area is 312 Å². The molecule has 0 radical (unpaired) electrons. The van der Waals surface area contributed by atoms with Gasteiger partial charge in [-0.25, -0.2) is 4.68 Å². The molecular formula is C45H36N6O3. The summed E-state index contributed by atoms with van der Waals surface area (Å²) in [6, 6.07) is 53.7. The van der Waals surface area contributed by atoms with Crippen molar-refractivity contribution in [3.05, 3.63) is 212 Å². The first-order chi connectivity index (χ1) is 26.5. The van der Waals surface area contributed by atoms with Gasteiger partial charge in [-0.3, -0.25) is 14.9 Å². The van der Waals surface area contributed by atoms with Gasteiger partial charge in [0.2, 0.25) is 0 Å². The summed E-state index contributed by atoms with van der Waals surface area (Å²) in [5, 5.41) is 26.3. The van der Waals surface area contributed by atoms with E-state index in [2.05, 4.69) is 71.8 Å². The van der Waals surface area contributed by atoms with Crippen molar-refractivity contribution in [1.29, 1.82) is 0 Å². The van der Waals surface area contributed by atoms with E-state index in [0.717, 1.165) is 51.1 Å². The van der Waals surface area contributed by atoms with Gasteiger partial charge in [-0.15, -0.1) is 5.10 Å². The quantitative estimate of drug-likeness (QED) is 0.0754. The summed E-state index contributed by atoms with van der Waals surface area (Å²) in [6.07, 6.45) is 1.56. The maximum Gasteiger partial charge on any atom is 0.270 e. The molecule has 2 heterocycles. The van der Waals surface area contributed by atoms with Gasteiger partial charge in [-0.05, 0) is 67.7 Å². The number of nitro groups is 1. The minimum absolute atomic E-state index is 0.100. The van der Waals surface area contributed by atoms with Crippen LogP contribution in [0.3, 0.4) is 0 Å². The molecule has 9 nitrogen and oxygen atoms in total. The summed E-state index contributed by atoms with van der Waals surface area (Å²) in [4.78, 5) is 24.8. The monoisotopic (exact) mass is 708 g/mol. The van der Waals surface area contributed by atoms with Crippen molar-refractivity contribution in [2.24, 2.45) is 0 Å². The van der Waals surface area contributed by atoms with Crippen LogP contribution in [-0.2, 0) is 18.5 Å². The second kappa shape index (κ2) is 14.6. The number of aryl methyl sites for hydroxylation is 1. The average molecular weight is 709 g/mol. The average Bonchev–Trinajstić information content (AvgIpc) is 3.71. The van der Waals surface area contributed by atoms with E-state index in [0.29, 0.717) is 29.6 Å². The molecule has 0 N–H and O–H groups in total. The second-order valence-corrected chi connectivity index (χ2v) is 13.3. The first-order valence-corrected chi connectivity index (χ1v) is 17.9. The normalized spacial score (nSPS) is 11.5. The van der Waals surface area contributed by atoms with Crippen LogP contribution < -0.4 is 5.56 Å². The molecule has 0 aliphatic rings. The lowest BCUT2D eigenvalue weighted by Crippen LogP contribution is -2.39. The molecule has 0 unspecified atom stereocenters. The molecule has 0 aliphatic carbocycles. The Balaban J connectivity index is 1.23. The van der Waals surface area contributed by atoms with Crippen molar-refractivity contribution in [2.45, 2.75) is 31.8 Å². The van der Waals surface area contributed by atoms with Crippen molar-refractivity contribution in [3.63, 3.8) is 0 Å². The number of rotatable bonds is 11. The fourth-order valence-electron chi connectivity index (χ4n) is 7.53. The highest BCUT2D eigenvalue weighted by molar-refractivity contribution is 5.84. The van der Waals surface area contributed by atoms with Crippen LogP contribution in [0, 0.1) is 10.1 Å². The molecule has 264 valence electrons. The Morgan fingerprint density at radius 2 is 1.26 bits per heavy atom. The van der Waals surface area contributed by atoms with E-state index in [-0.39, 0.29) is 11.2 Å². The number of fused-ring (bicyclic) bond motifs is 1. The molecule has 0 amide bonds. The predicted molar refractivity (Wildman–Crippen MR) is 211 cm³/mol. The molecule has 54 heavy (non-hydrogen) atoms. The maximum absolute atomic E-state index is 13.8. The number of hydrogen-bond acceptors (Lipinski definition) is 6. The number of pyridine rings is 1. The number of aromatic nitrogens is 5. The zero-order chi connectivity index (χ0) is 37.1. The fraction of sp³-hybridized carbons (Fsp3) is 0.111. The molecule has 0 bridgehead atoms. The van der Waals surface area contributed by atoms with Crippen LogP contribution in [0.15, 0.2) is 169 Å². The highest BCUT2D eigenvalue weighted by Crippen LogP contribution is 2.43. The van der Waals surface area contributed by atoms with E-state index in [1.54, 1.807) is 10.6 Å². The number of nitrogens with zero attached hydrogens (tertiary/aromatic N) is 6. The highest BCUT2D eigenvalue weighted by atomic mass is 16.6. The van der Waals surface area contributed by atoms with Gasteiger partial charge in [0.15, 0.2) is 5.82 Å². The predicted octanol–water partition coefficient (Wildman–Crippen LogP) is 9.07. The summed E-state index contributed by atoms with van der Waals surface area (Å²) in [5.74, 6) is 0.604. The topological polar surface area (TPSA) is 109 Å². The third-order valence-corrected chi connectivity index (χ3v) is 10.0. The smallest absolute Gasteiger partial charge is 0.270 e. The Morgan fingerprint density at radius 1 is 0.685 bits per heavy atom. The number of nitro benzene ring substituents is 1. The largest absolute Gasteiger partial charge is 0.308 e. The van der Waals surface area contributed by atoms with Crippen molar-refractivity contribution in [1.82, 2.24) is 24.8 Å². The molecule has 0 saturated heterocycles. The Kier molecular flexibility index (Phi) is 9.19. The van der Waals surface area contributed by atoms with Crippen LogP contribution >= 0.6 is 0 Å². The minimum atomic E-state index is -0.899. The summed E-state index contributed by atoms with van der Waals surface area (Å²) < 4.78 is 3.68. The Morgan fingerprint density at radius 3 is 1.83 bits per heavy atom. The van der Waals surface area contributed by atoms with E-state index < -0.39 is 10.5 Å². The lowest BCUT2D eigenvalue weighted by molar-refractivity contribution is -0.384. The molecule has 8 rings (SSSR count). The number of benzene rings is 6. The zero-order valence-corrected chi connectivity index (χ0v) is 29.6. The number of non-ortho nitro benzene ring substituents is 1. The maximum atomic E-state index is 13.8. The molecule has 0 aliphatic heterocycles. The van der Waals surface area contributed by atoms with Crippen LogP contribution in [0.1, 0.15) is 41.3 Å². The minimum Gasteiger partial charge on any atom is -0.308 e. The Bertz CT molecular complexity index is 2540. The van der Waals surface area contributed by atoms with E-state index in [1.165, 1.54) is 12.1 Å². The molecule has 2 aromatic heterocycles. The van der Waals surface area contributed by atoms with Crippen LogP contribution in [0.2, 0.25) is 0 Å². The van der Waals surface area contributed by atoms with Crippen LogP contribution in [-0.4, -0.2) is 29.7 Å². The van der Waals surface area contributed by atoms with Gasteiger partial charge in [0.25, 0.3) is 11.2 Å². The van der Waals surface area contributed by atoms with Crippen molar-refractivity contribution < 1.29 is 4.92 Å². The van der Waals surface area contributed by atoms with E-state index in [9.17, 15) is 14.9 Å². The molecule has 0 saturated carbocycles. The number of tetrazole rings is 1. The van der Waals surface area contributed by atoms with Gasteiger partial charge < -0.3 is 4.57 Å². The third-order valence-electron chi connectivity index (χ3n) is 10.0. The highest BCUT2D eigenvalue weighted by Gasteiger charge is 2.42. The molecule has 6 aromatic carbocycles. The fourth-order valence-corrected chi connectivity index (χ4v) is 7.53. The summed E-state index contributed by atoms with van der Waals surface area (Å²) in [6.45, 7) is 2.40. The summed E-state index contributed by atoms with van der Waals surface area (Å²) in [7, 11) is 0. The molecule has 8 aromatic rings. The van der Waals surface area contributed by atoms with E-state index >= 15 is 0 Å². The molecule has 0 fully saturated rings. The second-order valence-electron chi connectivity index (χ2n) is 13.3. The molecule has 9 heteroatoms. The van der Waals surface area contributed by atoms with E-state index in [4.69, 9.17) is 5.21 Å². The van der Waals surface area contributed by atoms with Crippen LogP contribution in [0.25, 0.3) is 33.3 Å². The standard InChI is InChI=1S/C45H36N6O3/c1-2-14-38-29-34-27-28-39(51(53)54)30-42(34)44(52)49(38)31-32-23-25-33(26-24-32)40-21-12-13-22-41(40)43-46-47-48-50(43)45(35-15-6-3-7-16-35,36-17-8-4-9-18-36)37-19-10-5-11-20-37/h3-13,15-30H,2,14,31H2,1H3. The van der Waals surface area contributed by atoms with Gasteiger partial charge in [0, 0.05) is 23.4 Å². The summed E-state index contributed by atoms with van der Waals surface area (Å²) in [5.41, 5.74) is 6.40. The third kappa shape index (κ3) is 6.05. The summed E-state index contributed by atoms with van der Waals surface area (Å²) >= 11 is 0. The first-order valence-electron chi connectivity index (χ1n) is 17.9. The number of hydrogen-bond donors (Lipinski definition) is 0. The van der Waals surface area contributed by atoms with Gasteiger partial charge in [0.05, 0.1) is 16.9 Å².